The van der Waals surface area contributed by atoms with E-state index < -0.39 is 12.1 Å². The van der Waals surface area contributed by atoms with Crippen molar-refractivity contribution in [3.8, 4) is 11.5 Å². The zero-order chi connectivity index (χ0) is 21.7. The van der Waals surface area contributed by atoms with Crippen LogP contribution in [0.1, 0.15) is 31.9 Å². The Bertz CT molecular complexity index is 952. The molecule has 30 heavy (non-hydrogen) atoms. The number of methoxy groups -OCH3 is 1. The number of amides is 1. The molecule has 6 heteroatoms. The molecule has 0 N–H and O–H groups in total. The number of nitrogens with zero attached hydrogens (tertiary/aromatic N) is 1. The summed E-state index contributed by atoms with van der Waals surface area (Å²) < 4.78 is 16.2. The average molecular weight is 409 g/mol. The maximum atomic E-state index is 12.9. The highest BCUT2D eigenvalue weighted by Gasteiger charge is 2.34. The van der Waals surface area contributed by atoms with Gasteiger partial charge >= 0.3 is 5.97 Å². The van der Waals surface area contributed by atoms with E-state index >= 15 is 0 Å². The summed E-state index contributed by atoms with van der Waals surface area (Å²) in [6, 6.07) is 13.2. The molecule has 1 heterocycles. The Morgan fingerprint density at radius 2 is 1.97 bits per heavy atom. The highest BCUT2D eigenvalue weighted by atomic mass is 16.5. The number of carbonyl (C=O) groups is 2. The molecule has 0 radical (unpaired) electrons. The van der Waals surface area contributed by atoms with Crippen molar-refractivity contribution >= 4 is 23.6 Å². The molecule has 1 aliphatic heterocycles. The lowest BCUT2D eigenvalue weighted by atomic mass is 10.1. The molecule has 2 atom stereocenters. The smallest absolute Gasteiger partial charge is 0.331 e. The normalized spacial score (nSPS) is 16.3. The number of fused-ring (bicyclic) bond motifs is 1. The van der Waals surface area contributed by atoms with Gasteiger partial charge in [0.15, 0.2) is 17.6 Å². The Labute approximate surface area is 177 Å². The molecule has 1 amide bonds. The molecule has 2 aromatic rings. The summed E-state index contributed by atoms with van der Waals surface area (Å²) in [5.41, 5.74) is 2.77. The topological polar surface area (TPSA) is 65.1 Å². The van der Waals surface area contributed by atoms with Gasteiger partial charge in [-0.05, 0) is 62.6 Å². The molecule has 0 spiro atoms. The van der Waals surface area contributed by atoms with Gasteiger partial charge in [0, 0.05) is 17.8 Å². The van der Waals surface area contributed by atoms with Crippen LogP contribution in [0.15, 0.2) is 48.5 Å². The number of esters is 1. The largest absolute Gasteiger partial charge is 0.493 e. The predicted octanol–water partition coefficient (Wildman–Crippen LogP) is 4.02. The second-order valence-corrected chi connectivity index (χ2v) is 7.15. The first-order valence-electron chi connectivity index (χ1n) is 10.0. The number of para-hydroxylation sites is 1. The first kappa shape index (κ1) is 21.4. The molecule has 0 aliphatic carbocycles. The number of rotatable bonds is 7. The van der Waals surface area contributed by atoms with Crippen molar-refractivity contribution in [3.63, 3.8) is 0 Å². The SMILES string of the molecule is CCOc1ccc(/C=C/C(=O)O[C@H](C)C(=O)N2c3ccccc3C[C@@H]2C)cc1OC. The van der Waals surface area contributed by atoms with Crippen LogP contribution in [-0.2, 0) is 20.7 Å². The molecular weight excluding hydrogens is 382 g/mol. The summed E-state index contributed by atoms with van der Waals surface area (Å²) >= 11 is 0. The molecule has 0 unspecified atom stereocenters. The van der Waals surface area contributed by atoms with Crippen molar-refractivity contribution in [2.75, 3.05) is 18.6 Å². The fourth-order valence-corrected chi connectivity index (χ4v) is 3.59. The van der Waals surface area contributed by atoms with Gasteiger partial charge in [-0.2, -0.15) is 0 Å². The van der Waals surface area contributed by atoms with Crippen molar-refractivity contribution < 1.29 is 23.8 Å². The first-order valence-corrected chi connectivity index (χ1v) is 10.0. The Morgan fingerprint density at radius 3 is 2.70 bits per heavy atom. The number of anilines is 1. The lowest BCUT2D eigenvalue weighted by Crippen LogP contribution is -2.43. The van der Waals surface area contributed by atoms with Crippen molar-refractivity contribution in [1.29, 1.82) is 0 Å². The third-order valence-electron chi connectivity index (χ3n) is 4.98. The molecular formula is C24H27NO5. The Hall–Kier alpha value is -3.28. The van der Waals surface area contributed by atoms with Gasteiger partial charge < -0.3 is 19.1 Å². The van der Waals surface area contributed by atoms with Gasteiger partial charge in [-0.3, -0.25) is 4.79 Å². The molecule has 0 aromatic heterocycles. The summed E-state index contributed by atoms with van der Waals surface area (Å²) in [5.74, 6) is 0.414. The van der Waals surface area contributed by atoms with E-state index in [4.69, 9.17) is 14.2 Å². The maximum absolute atomic E-state index is 12.9. The van der Waals surface area contributed by atoms with Crippen LogP contribution in [0, 0.1) is 0 Å². The van der Waals surface area contributed by atoms with Gasteiger partial charge in [0.2, 0.25) is 0 Å². The second-order valence-electron chi connectivity index (χ2n) is 7.15. The minimum atomic E-state index is -0.884. The van der Waals surface area contributed by atoms with Crippen LogP contribution in [-0.4, -0.2) is 37.7 Å². The van der Waals surface area contributed by atoms with Gasteiger partial charge in [-0.15, -0.1) is 0 Å². The molecule has 3 rings (SSSR count). The molecule has 2 aromatic carbocycles. The highest BCUT2D eigenvalue weighted by molar-refractivity contribution is 6.00. The monoisotopic (exact) mass is 409 g/mol. The number of benzene rings is 2. The fraction of sp³-hybridized carbons (Fsp3) is 0.333. The fourth-order valence-electron chi connectivity index (χ4n) is 3.59. The zero-order valence-electron chi connectivity index (χ0n) is 17.8. The minimum Gasteiger partial charge on any atom is -0.493 e. The molecule has 1 aliphatic rings. The summed E-state index contributed by atoms with van der Waals surface area (Å²) in [5, 5.41) is 0. The van der Waals surface area contributed by atoms with E-state index in [1.807, 2.05) is 44.2 Å². The minimum absolute atomic E-state index is 0.0305. The highest BCUT2D eigenvalue weighted by Crippen LogP contribution is 2.32. The van der Waals surface area contributed by atoms with E-state index in [1.54, 1.807) is 37.1 Å². The Kier molecular flexibility index (Phi) is 6.77. The van der Waals surface area contributed by atoms with Gasteiger partial charge in [-0.1, -0.05) is 24.3 Å². The van der Waals surface area contributed by atoms with Crippen molar-refractivity contribution in [1.82, 2.24) is 0 Å². The number of ether oxygens (including phenoxy) is 3. The summed E-state index contributed by atoms with van der Waals surface area (Å²) in [6.07, 6.45) is 2.83. The molecule has 0 saturated carbocycles. The van der Waals surface area contributed by atoms with E-state index in [0.29, 0.717) is 18.1 Å². The number of hydrogen-bond donors (Lipinski definition) is 0. The van der Waals surface area contributed by atoms with Crippen molar-refractivity contribution in [3.05, 3.63) is 59.7 Å². The summed E-state index contributed by atoms with van der Waals surface area (Å²) in [4.78, 5) is 26.9. The van der Waals surface area contributed by atoms with Crippen LogP contribution in [0.2, 0.25) is 0 Å². The molecule has 6 nitrogen and oxygen atoms in total. The van der Waals surface area contributed by atoms with Gasteiger partial charge in [0.05, 0.1) is 13.7 Å². The molecule has 0 fully saturated rings. The van der Waals surface area contributed by atoms with Crippen LogP contribution in [0.5, 0.6) is 11.5 Å². The van der Waals surface area contributed by atoms with Gasteiger partial charge in [-0.25, -0.2) is 4.79 Å². The van der Waals surface area contributed by atoms with Gasteiger partial charge in [0.25, 0.3) is 5.91 Å². The number of carbonyl (C=O) groups excluding carboxylic acids is 2. The van der Waals surface area contributed by atoms with E-state index in [0.717, 1.165) is 23.2 Å². The molecule has 158 valence electrons. The number of hydrogen-bond acceptors (Lipinski definition) is 5. The Morgan fingerprint density at radius 1 is 1.20 bits per heavy atom. The van der Waals surface area contributed by atoms with Crippen LogP contribution in [0.25, 0.3) is 6.08 Å². The zero-order valence-corrected chi connectivity index (χ0v) is 17.8. The molecule has 0 bridgehead atoms. The third-order valence-corrected chi connectivity index (χ3v) is 4.98. The van der Waals surface area contributed by atoms with Crippen LogP contribution in [0.4, 0.5) is 5.69 Å². The van der Waals surface area contributed by atoms with E-state index in [9.17, 15) is 9.59 Å². The van der Waals surface area contributed by atoms with E-state index in [2.05, 4.69) is 0 Å². The average Bonchev–Trinajstić information content (AvgIpc) is 3.08. The van der Waals surface area contributed by atoms with Crippen LogP contribution in [0.3, 0.4) is 0 Å². The summed E-state index contributed by atoms with van der Waals surface area (Å²) in [6.45, 7) is 6.02. The first-order chi connectivity index (χ1) is 14.4. The lowest BCUT2D eigenvalue weighted by Gasteiger charge is -2.25. The maximum Gasteiger partial charge on any atom is 0.331 e. The van der Waals surface area contributed by atoms with Crippen LogP contribution < -0.4 is 14.4 Å². The van der Waals surface area contributed by atoms with Gasteiger partial charge in [0.1, 0.15) is 0 Å². The quantitative estimate of drug-likeness (QED) is 0.511. The lowest BCUT2D eigenvalue weighted by molar-refractivity contribution is -0.149. The third kappa shape index (κ3) is 4.64. The molecule has 0 saturated heterocycles. The van der Waals surface area contributed by atoms with Crippen molar-refractivity contribution in [2.45, 2.75) is 39.3 Å². The predicted molar refractivity (Wildman–Crippen MR) is 116 cm³/mol. The van der Waals surface area contributed by atoms with Crippen LogP contribution >= 0.6 is 0 Å². The van der Waals surface area contributed by atoms with E-state index in [-0.39, 0.29) is 11.9 Å². The van der Waals surface area contributed by atoms with Crippen molar-refractivity contribution in [2.24, 2.45) is 0 Å². The Balaban J connectivity index is 1.64. The summed E-state index contributed by atoms with van der Waals surface area (Å²) in [7, 11) is 1.56. The standard InChI is InChI=1S/C24H27NO5/c1-5-29-21-12-10-18(15-22(21)28-4)11-13-23(26)30-17(3)24(27)25-16(2)14-19-8-6-7-9-20(19)25/h6-13,15-17H,5,14H2,1-4H3/b13-11+/t16-,17+/m0/s1. The van der Waals surface area contributed by atoms with E-state index in [1.165, 1.54) is 6.08 Å². The second kappa shape index (κ2) is 9.48.